The van der Waals surface area contributed by atoms with Gasteiger partial charge in [-0.1, -0.05) is 17.7 Å². The third kappa shape index (κ3) is 7.59. The van der Waals surface area contributed by atoms with Gasteiger partial charge in [0, 0.05) is 112 Å². The Hall–Kier alpha value is -4.79. The standard InChI is InChI=1S/C42H49ClN8O3/c1-29-23-42(28-51(29)36-10-7-32(24-44)37(43)22-36)13-15-48(16-14-42)34-8-5-31(6-9-34)41(54)50-26-30(27-50)25-47-17-19-49(20-18-47)35-4-2-3-33(21-35)45-38-11-12-39(52)46-40(38)53/h2-10,21-22,29-30,38,45H,11-20,23,25-28H2,1H3,(H,46,52,53)/t29-,38+/m0/s1. The zero-order valence-electron chi connectivity index (χ0n) is 31.0. The number of carbonyl (C=O) groups excluding carboxylic acids is 3. The molecule has 0 radical (unpaired) electrons. The fraction of sp³-hybridized carbons (Fsp3) is 0.476. The van der Waals surface area contributed by atoms with E-state index in [1.165, 1.54) is 5.69 Å². The predicted octanol–water partition coefficient (Wildman–Crippen LogP) is 5.21. The number of imide groups is 1. The van der Waals surface area contributed by atoms with Crippen LogP contribution in [0.3, 0.4) is 0 Å². The average Bonchev–Trinajstić information content (AvgIpc) is 3.49. The van der Waals surface area contributed by atoms with Crippen molar-refractivity contribution in [2.45, 2.75) is 51.1 Å². The third-order valence-corrected chi connectivity index (χ3v) is 12.7. The molecular weight excluding hydrogens is 700 g/mol. The minimum absolute atomic E-state index is 0.119. The van der Waals surface area contributed by atoms with Crippen molar-refractivity contribution in [2.24, 2.45) is 11.3 Å². The lowest BCUT2D eigenvalue weighted by atomic mass is 9.76. The molecule has 0 unspecified atom stereocenters. The maximum Gasteiger partial charge on any atom is 0.253 e. The molecule has 2 atom stereocenters. The second-order valence-corrected chi connectivity index (χ2v) is 16.5. The van der Waals surface area contributed by atoms with Crippen LogP contribution in [0.4, 0.5) is 22.7 Å². The fourth-order valence-electron chi connectivity index (χ4n) is 9.27. The van der Waals surface area contributed by atoms with E-state index >= 15 is 0 Å². The molecule has 0 bridgehead atoms. The van der Waals surface area contributed by atoms with Crippen LogP contribution in [0.5, 0.6) is 0 Å². The van der Waals surface area contributed by atoms with Crippen molar-refractivity contribution >= 4 is 52.1 Å². The number of piperidine rings is 2. The highest BCUT2D eigenvalue weighted by molar-refractivity contribution is 6.32. The van der Waals surface area contributed by atoms with Gasteiger partial charge in [-0.3, -0.25) is 24.6 Å². The van der Waals surface area contributed by atoms with Crippen LogP contribution >= 0.6 is 11.6 Å². The van der Waals surface area contributed by atoms with Gasteiger partial charge in [-0.05, 0) is 98.7 Å². The van der Waals surface area contributed by atoms with Crippen LogP contribution in [-0.4, -0.2) is 105 Å². The second-order valence-electron chi connectivity index (χ2n) is 16.1. The van der Waals surface area contributed by atoms with Gasteiger partial charge in [0.1, 0.15) is 12.1 Å². The van der Waals surface area contributed by atoms with Crippen molar-refractivity contribution in [1.82, 2.24) is 15.1 Å². The minimum atomic E-state index is -0.394. The maximum atomic E-state index is 13.4. The molecule has 5 saturated heterocycles. The topological polar surface area (TPSA) is 115 Å². The Labute approximate surface area is 322 Å². The van der Waals surface area contributed by atoms with Gasteiger partial charge in [0.2, 0.25) is 11.8 Å². The lowest BCUT2D eigenvalue weighted by molar-refractivity contribution is -0.133. The Morgan fingerprint density at radius 1 is 0.926 bits per heavy atom. The largest absolute Gasteiger partial charge is 0.374 e. The number of halogens is 1. The van der Waals surface area contributed by atoms with Crippen LogP contribution in [0.15, 0.2) is 66.7 Å². The molecule has 5 heterocycles. The molecule has 0 aromatic heterocycles. The lowest BCUT2D eigenvalue weighted by Gasteiger charge is -2.44. The fourth-order valence-corrected chi connectivity index (χ4v) is 9.48. The summed E-state index contributed by atoms with van der Waals surface area (Å²) < 4.78 is 0. The molecule has 5 aliphatic heterocycles. The Bertz CT molecular complexity index is 1930. The molecule has 5 fully saturated rings. The summed E-state index contributed by atoms with van der Waals surface area (Å²) in [5.74, 6) is 0.140. The number of likely N-dealkylation sites (tertiary alicyclic amines) is 1. The third-order valence-electron chi connectivity index (χ3n) is 12.4. The number of rotatable bonds is 8. The number of piperazine rings is 1. The van der Waals surface area contributed by atoms with E-state index in [0.29, 0.717) is 35.4 Å². The van der Waals surface area contributed by atoms with Gasteiger partial charge in [-0.25, -0.2) is 0 Å². The van der Waals surface area contributed by atoms with Crippen molar-refractivity contribution in [3.05, 3.63) is 82.9 Å². The monoisotopic (exact) mass is 748 g/mol. The van der Waals surface area contributed by atoms with Gasteiger partial charge >= 0.3 is 0 Å². The maximum absolute atomic E-state index is 13.4. The van der Waals surface area contributed by atoms with Crippen molar-refractivity contribution in [2.75, 3.05) is 85.5 Å². The summed E-state index contributed by atoms with van der Waals surface area (Å²) in [4.78, 5) is 48.9. The first-order valence-electron chi connectivity index (χ1n) is 19.4. The lowest BCUT2D eigenvalue weighted by Crippen LogP contribution is -2.56. The van der Waals surface area contributed by atoms with Crippen LogP contribution in [0.2, 0.25) is 5.02 Å². The van der Waals surface area contributed by atoms with Gasteiger partial charge in [0.05, 0.1) is 10.6 Å². The molecule has 1 spiro atoms. The number of nitrogens with one attached hydrogen (secondary N) is 2. The summed E-state index contributed by atoms with van der Waals surface area (Å²) in [6.45, 7) is 11.7. The molecule has 3 amide bonds. The molecule has 5 aliphatic rings. The molecule has 54 heavy (non-hydrogen) atoms. The Morgan fingerprint density at radius 2 is 1.65 bits per heavy atom. The van der Waals surface area contributed by atoms with Crippen molar-refractivity contribution in [1.29, 1.82) is 5.26 Å². The summed E-state index contributed by atoms with van der Waals surface area (Å²) in [6, 6.07) is 24.4. The van der Waals surface area contributed by atoms with E-state index in [-0.39, 0.29) is 23.1 Å². The minimum Gasteiger partial charge on any atom is -0.374 e. The van der Waals surface area contributed by atoms with E-state index in [4.69, 9.17) is 11.6 Å². The summed E-state index contributed by atoms with van der Waals surface area (Å²) >= 11 is 6.37. The van der Waals surface area contributed by atoms with Crippen molar-refractivity contribution < 1.29 is 14.4 Å². The molecule has 3 aromatic carbocycles. The highest BCUT2D eigenvalue weighted by atomic mass is 35.5. The highest BCUT2D eigenvalue weighted by Crippen LogP contribution is 2.46. The second kappa shape index (κ2) is 15.2. The number of benzene rings is 3. The first-order chi connectivity index (χ1) is 26.1. The predicted molar refractivity (Wildman–Crippen MR) is 212 cm³/mol. The van der Waals surface area contributed by atoms with Crippen molar-refractivity contribution in [3.8, 4) is 6.07 Å². The van der Waals surface area contributed by atoms with E-state index in [1.54, 1.807) is 0 Å². The number of hydrogen-bond acceptors (Lipinski definition) is 9. The Balaban J connectivity index is 0.764. The Kier molecular flexibility index (Phi) is 10.2. The SMILES string of the molecule is C[C@H]1CC2(CCN(c3ccc(C(=O)N4CC(CN5CCN(c6cccc(N[C@@H]7CCC(=O)NC7=O)c6)CC5)C4)cc3)CC2)CN1c1ccc(C#N)c(Cl)c1. The number of hydrogen-bond donors (Lipinski definition) is 2. The molecular formula is C42H49ClN8O3. The quantitative estimate of drug-likeness (QED) is 0.300. The summed E-state index contributed by atoms with van der Waals surface area (Å²) in [6.07, 6.45) is 4.26. The smallest absolute Gasteiger partial charge is 0.253 e. The van der Waals surface area contributed by atoms with Crippen LogP contribution < -0.4 is 25.3 Å². The highest BCUT2D eigenvalue weighted by Gasteiger charge is 2.44. The molecule has 3 aromatic rings. The molecule has 0 aliphatic carbocycles. The van der Waals surface area contributed by atoms with Crippen LogP contribution in [0.25, 0.3) is 0 Å². The number of nitrogens with zero attached hydrogens (tertiary/aromatic N) is 6. The van der Waals surface area contributed by atoms with Gasteiger partial charge in [0.25, 0.3) is 5.91 Å². The Morgan fingerprint density at radius 3 is 2.35 bits per heavy atom. The number of amides is 3. The van der Waals surface area contributed by atoms with Gasteiger partial charge < -0.3 is 24.9 Å². The van der Waals surface area contributed by atoms with E-state index in [0.717, 1.165) is 107 Å². The average molecular weight is 749 g/mol. The molecule has 12 heteroatoms. The first kappa shape index (κ1) is 36.2. The molecule has 282 valence electrons. The molecule has 8 rings (SSSR count). The zero-order valence-corrected chi connectivity index (χ0v) is 31.7. The van der Waals surface area contributed by atoms with Crippen LogP contribution in [-0.2, 0) is 9.59 Å². The number of nitriles is 1. The molecule has 2 N–H and O–H groups in total. The molecule has 0 saturated carbocycles. The summed E-state index contributed by atoms with van der Waals surface area (Å²) in [7, 11) is 0. The van der Waals surface area contributed by atoms with Crippen molar-refractivity contribution in [3.63, 3.8) is 0 Å². The van der Waals surface area contributed by atoms with E-state index in [1.807, 2.05) is 47.4 Å². The van der Waals surface area contributed by atoms with E-state index < -0.39 is 6.04 Å². The summed E-state index contributed by atoms with van der Waals surface area (Å²) in [5, 5.41) is 15.5. The zero-order chi connectivity index (χ0) is 37.4. The normalized spacial score (nSPS) is 23.3. The van der Waals surface area contributed by atoms with Gasteiger partial charge in [0.15, 0.2) is 0 Å². The van der Waals surface area contributed by atoms with Gasteiger partial charge in [-0.2, -0.15) is 5.26 Å². The van der Waals surface area contributed by atoms with Crippen LogP contribution in [0.1, 0.15) is 54.9 Å². The summed E-state index contributed by atoms with van der Waals surface area (Å²) in [5.41, 5.74) is 5.85. The van der Waals surface area contributed by atoms with Crippen LogP contribution in [0, 0.1) is 22.7 Å². The number of carbonyl (C=O) groups is 3. The van der Waals surface area contributed by atoms with Gasteiger partial charge in [-0.15, -0.1) is 0 Å². The number of anilines is 4. The van der Waals surface area contributed by atoms with E-state index in [2.05, 4.69) is 67.5 Å². The first-order valence-corrected chi connectivity index (χ1v) is 19.8. The van der Waals surface area contributed by atoms with E-state index in [9.17, 15) is 19.6 Å². The molecule has 11 nitrogen and oxygen atoms in total.